The lowest BCUT2D eigenvalue weighted by Crippen LogP contribution is -2.35. The summed E-state index contributed by atoms with van der Waals surface area (Å²) in [7, 11) is 0. The van der Waals surface area contributed by atoms with Gasteiger partial charge in [-0.05, 0) is 52.3 Å². The van der Waals surface area contributed by atoms with Crippen molar-refractivity contribution in [3.63, 3.8) is 0 Å². The molecule has 0 amide bonds. The molecule has 0 fully saturated rings. The first-order chi connectivity index (χ1) is 8.37. The van der Waals surface area contributed by atoms with E-state index in [1.54, 1.807) is 0 Å². The minimum Gasteiger partial charge on any atom is -0.372 e. The van der Waals surface area contributed by atoms with Gasteiger partial charge < -0.3 is 10.2 Å². The molecule has 0 saturated carbocycles. The van der Waals surface area contributed by atoms with Crippen LogP contribution in [0.3, 0.4) is 0 Å². The molecule has 0 heterocycles. The van der Waals surface area contributed by atoms with Crippen LogP contribution in [0.4, 0.5) is 5.69 Å². The molecular weight excluding hydrogens is 288 g/mol. The first-order valence-electron chi connectivity index (χ1n) is 6.65. The Labute approximate surface area is 120 Å². The highest BCUT2D eigenvalue weighted by atomic mass is 79.9. The molecule has 0 atom stereocenters. The van der Waals surface area contributed by atoms with Gasteiger partial charge in [0.15, 0.2) is 0 Å². The summed E-state index contributed by atoms with van der Waals surface area (Å²) in [5.41, 5.74) is 2.83. The van der Waals surface area contributed by atoms with Crippen LogP contribution in [0, 0.1) is 0 Å². The van der Waals surface area contributed by atoms with Crippen LogP contribution in [0.5, 0.6) is 0 Å². The number of rotatable bonds is 5. The van der Waals surface area contributed by atoms with Gasteiger partial charge in [-0.3, -0.25) is 0 Å². The Bertz CT molecular complexity index is 379. The zero-order valence-electron chi connectivity index (χ0n) is 12.2. The van der Waals surface area contributed by atoms with Gasteiger partial charge >= 0.3 is 0 Å². The molecule has 1 aromatic rings. The quantitative estimate of drug-likeness (QED) is 0.877. The third kappa shape index (κ3) is 4.62. The fourth-order valence-corrected chi connectivity index (χ4v) is 2.25. The summed E-state index contributed by atoms with van der Waals surface area (Å²) < 4.78 is 1.14. The number of anilines is 1. The molecule has 1 rings (SSSR count). The Hall–Kier alpha value is -0.540. The van der Waals surface area contributed by atoms with E-state index in [0.717, 1.165) is 24.1 Å². The van der Waals surface area contributed by atoms with Crippen molar-refractivity contribution in [2.75, 3.05) is 18.0 Å². The molecule has 0 unspecified atom stereocenters. The number of hydrogen-bond acceptors (Lipinski definition) is 2. The van der Waals surface area contributed by atoms with Gasteiger partial charge in [-0.2, -0.15) is 0 Å². The third-order valence-electron chi connectivity index (χ3n) is 2.96. The van der Waals surface area contributed by atoms with Crippen molar-refractivity contribution >= 4 is 21.6 Å². The highest BCUT2D eigenvalue weighted by molar-refractivity contribution is 9.10. The lowest BCUT2D eigenvalue weighted by molar-refractivity contribution is 0.424. The molecule has 0 spiro atoms. The molecule has 1 N–H and O–H groups in total. The second kappa shape index (κ2) is 6.58. The fraction of sp³-hybridized carbons (Fsp3) is 0.600. The molecule has 0 aliphatic rings. The van der Waals surface area contributed by atoms with Crippen molar-refractivity contribution in [1.29, 1.82) is 0 Å². The Morgan fingerprint density at radius 3 is 2.28 bits per heavy atom. The van der Waals surface area contributed by atoms with Crippen LogP contribution >= 0.6 is 15.9 Å². The van der Waals surface area contributed by atoms with Gasteiger partial charge in [0.25, 0.3) is 0 Å². The van der Waals surface area contributed by atoms with E-state index in [4.69, 9.17) is 0 Å². The minimum atomic E-state index is 0.146. The summed E-state index contributed by atoms with van der Waals surface area (Å²) in [6, 6.07) is 6.54. The molecule has 0 saturated heterocycles. The lowest BCUT2D eigenvalue weighted by atomic mass is 10.1. The summed E-state index contributed by atoms with van der Waals surface area (Å²) in [4.78, 5) is 2.39. The van der Waals surface area contributed by atoms with Crippen LogP contribution in [-0.2, 0) is 6.54 Å². The maximum absolute atomic E-state index is 3.57. The first kappa shape index (κ1) is 15.5. The van der Waals surface area contributed by atoms with E-state index in [1.807, 2.05) is 0 Å². The fourth-order valence-electron chi connectivity index (χ4n) is 1.91. The number of benzene rings is 1. The molecule has 0 aromatic heterocycles. The van der Waals surface area contributed by atoms with E-state index in [2.05, 4.69) is 79.0 Å². The maximum Gasteiger partial charge on any atom is 0.0422 e. The van der Waals surface area contributed by atoms with Gasteiger partial charge in [0.05, 0.1) is 0 Å². The zero-order chi connectivity index (χ0) is 13.8. The van der Waals surface area contributed by atoms with Crippen LogP contribution in [0.25, 0.3) is 0 Å². The Morgan fingerprint density at radius 1 is 1.17 bits per heavy atom. The van der Waals surface area contributed by atoms with Crippen LogP contribution in [-0.4, -0.2) is 18.6 Å². The smallest absolute Gasteiger partial charge is 0.0422 e. The average Bonchev–Trinajstić information content (AvgIpc) is 2.28. The standard InChI is InChI=1S/C15H25BrN2/c1-6-18(7-2)14-10-13(16)9-8-12(14)11-17-15(3,4)5/h8-10,17H,6-7,11H2,1-5H3. The Balaban J connectivity index is 2.96. The summed E-state index contributed by atoms with van der Waals surface area (Å²) in [6.45, 7) is 14.0. The van der Waals surface area contributed by atoms with Crippen molar-refractivity contribution in [1.82, 2.24) is 5.32 Å². The molecule has 18 heavy (non-hydrogen) atoms. The van der Waals surface area contributed by atoms with E-state index < -0.39 is 0 Å². The molecule has 0 aliphatic heterocycles. The van der Waals surface area contributed by atoms with Crippen molar-refractivity contribution in [2.24, 2.45) is 0 Å². The second-order valence-electron chi connectivity index (χ2n) is 5.55. The van der Waals surface area contributed by atoms with Gasteiger partial charge in [-0.25, -0.2) is 0 Å². The highest BCUT2D eigenvalue weighted by Gasteiger charge is 2.13. The molecule has 2 nitrogen and oxygen atoms in total. The minimum absolute atomic E-state index is 0.146. The Morgan fingerprint density at radius 2 is 1.78 bits per heavy atom. The van der Waals surface area contributed by atoms with E-state index in [1.165, 1.54) is 11.3 Å². The molecule has 3 heteroatoms. The number of nitrogens with zero attached hydrogens (tertiary/aromatic N) is 1. The zero-order valence-corrected chi connectivity index (χ0v) is 13.8. The number of hydrogen-bond donors (Lipinski definition) is 1. The van der Waals surface area contributed by atoms with Gasteiger partial charge in [0.1, 0.15) is 0 Å². The molecule has 0 bridgehead atoms. The normalized spacial score (nSPS) is 11.7. The number of halogens is 1. The van der Waals surface area contributed by atoms with E-state index in [9.17, 15) is 0 Å². The molecule has 0 aliphatic carbocycles. The van der Waals surface area contributed by atoms with Gasteiger partial charge in [0.2, 0.25) is 0 Å². The van der Waals surface area contributed by atoms with E-state index in [0.29, 0.717) is 0 Å². The molecule has 0 radical (unpaired) electrons. The number of nitrogens with one attached hydrogen (secondary N) is 1. The van der Waals surface area contributed by atoms with Gasteiger partial charge in [0, 0.05) is 35.3 Å². The molecular formula is C15H25BrN2. The average molecular weight is 313 g/mol. The highest BCUT2D eigenvalue weighted by Crippen LogP contribution is 2.25. The topological polar surface area (TPSA) is 15.3 Å². The van der Waals surface area contributed by atoms with E-state index >= 15 is 0 Å². The summed E-state index contributed by atoms with van der Waals surface area (Å²) in [5, 5.41) is 3.56. The van der Waals surface area contributed by atoms with E-state index in [-0.39, 0.29) is 5.54 Å². The first-order valence-corrected chi connectivity index (χ1v) is 7.45. The second-order valence-corrected chi connectivity index (χ2v) is 6.46. The Kier molecular flexibility index (Phi) is 5.67. The molecule has 102 valence electrons. The molecule has 1 aromatic carbocycles. The van der Waals surface area contributed by atoms with Crippen molar-refractivity contribution in [2.45, 2.75) is 46.7 Å². The van der Waals surface area contributed by atoms with Crippen LogP contribution in [0.15, 0.2) is 22.7 Å². The predicted molar refractivity (Wildman–Crippen MR) is 84.3 cm³/mol. The van der Waals surface area contributed by atoms with Crippen LogP contribution < -0.4 is 10.2 Å². The van der Waals surface area contributed by atoms with Gasteiger partial charge in [-0.15, -0.1) is 0 Å². The van der Waals surface area contributed by atoms with Gasteiger partial charge in [-0.1, -0.05) is 22.0 Å². The van der Waals surface area contributed by atoms with Crippen LogP contribution in [0.2, 0.25) is 0 Å². The van der Waals surface area contributed by atoms with Crippen molar-refractivity contribution < 1.29 is 0 Å². The maximum atomic E-state index is 3.57. The van der Waals surface area contributed by atoms with Crippen molar-refractivity contribution in [3.8, 4) is 0 Å². The predicted octanol–water partition coefficient (Wildman–Crippen LogP) is 4.18. The largest absolute Gasteiger partial charge is 0.372 e. The summed E-state index contributed by atoms with van der Waals surface area (Å²) in [5.74, 6) is 0. The summed E-state index contributed by atoms with van der Waals surface area (Å²) >= 11 is 3.57. The SMILES string of the molecule is CCN(CC)c1cc(Br)ccc1CNC(C)(C)C. The summed E-state index contributed by atoms with van der Waals surface area (Å²) in [6.07, 6.45) is 0. The lowest BCUT2D eigenvalue weighted by Gasteiger charge is -2.27. The third-order valence-corrected chi connectivity index (χ3v) is 3.45. The van der Waals surface area contributed by atoms with Crippen molar-refractivity contribution in [3.05, 3.63) is 28.2 Å². The monoisotopic (exact) mass is 312 g/mol. The van der Waals surface area contributed by atoms with Crippen LogP contribution in [0.1, 0.15) is 40.2 Å².